The molecule has 1 N–H and O–H groups in total. The van der Waals surface area contributed by atoms with Crippen LogP contribution < -0.4 is 9.64 Å². The molecule has 0 spiro atoms. The fourth-order valence-corrected chi connectivity index (χ4v) is 3.44. The van der Waals surface area contributed by atoms with E-state index in [9.17, 15) is 14.7 Å². The number of carbonyl (C=O) groups is 2. The number of Topliss-reactive ketones (excluding diaryl/α,β-unsaturated/α-hetero) is 1. The first kappa shape index (κ1) is 18.4. The minimum Gasteiger partial charge on any atom is -0.507 e. The first-order chi connectivity index (χ1) is 14.1. The standard InChI is InChI=1S/C23H18N2O4/c1-29-17-11-7-10-16(14-17)21(26)19-20(15-8-3-2-4-9-15)25(23(28)22(19)27)18-12-5-6-13-24-18/h2-14,20,26H,1H3/b21-19+/t20-/m1/s1. The summed E-state index contributed by atoms with van der Waals surface area (Å²) in [7, 11) is 1.52. The number of aliphatic hydroxyl groups excluding tert-OH is 1. The molecule has 0 unspecified atom stereocenters. The molecule has 2 heterocycles. The largest absolute Gasteiger partial charge is 0.507 e. The highest BCUT2D eigenvalue weighted by atomic mass is 16.5. The Bertz CT molecular complexity index is 1090. The predicted octanol–water partition coefficient (Wildman–Crippen LogP) is 3.72. The smallest absolute Gasteiger partial charge is 0.301 e. The van der Waals surface area contributed by atoms with Gasteiger partial charge in [0.2, 0.25) is 0 Å². The summed E-state index contributed by atoms with van der Waals surface area (Å²) >= 11 is 0. The summed E-state index contributed by atoms with van der Waals surface area (Å²) in [6, 6.07) is 20.2. The van der Waals surface area contributed by atoms with Crippen molar-refractivity contribution in [1.82, 2.24) is 4.98 Å². The third-order valence-electron chi connectivity index (χ3n) is 4.80. The lowest BCUT2D eigenvalue weighted by molar-refractivity contribution is -0.132. The predicted molar refractivity (Wildman–Crippen MR) is 108 cm³/mol. The zero-order valence-electron chi connectivity index (χ0n) is 15.6. The molecule has 1 aliphatic heterocycles. The average Bonchev–Trinajstić information content (AvgIpc) is 3.05. The van der Waals surface area contributed by atoms with Gasteiger partial charge in [-0.1, -0.05) is 48.5 Å². The lowest BCUT2D eigenvalue weighted by atomic mass is 9.95. The first-order valence-electron chi connectivity index (χ1n) is 9.03. The summed E-state index contributed by atoms with van der Waals surface area (Å²) in [4.78, 5) is 31.5. The number of anilines is 1. The van der Waals surface area contributed by atoms with Crippen LogP contribution in [0.4, 0.5) is 5.82 Å². The summed E-state index contributed by atoms with van der Waals surface area (Å²) in [5.41, 5.74) is 1.10. The summed E-state index contributed by atoms with van der Waals surface area (Å²) in [5, 5.41) is 11.0. The molecular formula is C23H18N2O4. The molecule has 0 aliphatic carbocycles. The number of aliphatic hydroxyl groups is 1. The van der Waals surface area contributed by atoms with Gasteiger partial charge in [-0.3, -0.25) is 14.5 Å². The highest BCUT2D eigenvalue weighted by Crippen LogP contribution is 2.41. The van der Waals surface area contributed by atoms with Crippen LogP contribution in [0.15, 0.2) is 84.6 Å². The molecule has 1 saturated heterocycles. The molecule has 6 nitrogen and oxygen atoms in total. The van der Waals surface area contributed by atoms with Gasteiger partial charge < -0.3 is 9.84 Å². The Hall–Kier alpha value is -3.93. The SMILES string of the molecule is COc1cccc(/C(O)=C2\C(=O)C(=O)N(c3ccccn3)[C@@H]2c2ccccc2)c1. The van der Waals surface area contributed by atoms with Crippen molar-refractivity contribution in [3.63, 3.8) is 0 Å². The molecule has 1 aliphatic rings. The topological polar surface area (TPSA) is 79.7 Å². The van der Waals surface area contributed by atoms with Crippen molar-refractivity contribution in [2.24, 2.45) is 0 Å². The molecule has 0 saturated carbocycles. The van der Waals surface area contributed by atoms with Gasteiger partial charge in [0, 0.05) is 11.8 Å². The van der Waals surface area contributed by atoms with Gasteiger partial charge in [-0.2, -0.15) is 0 Å². The van der Waals surface area contributed by atoms with Crippen LogP contribution in [0.5, 0.6) is 5.75 Å². The van der Waals surface area contributed by atoms with Crippen LogP contribution in [-0.2, 0) is 9.59 Å². The van der Waals surface area contributed by atoms with Crippen molar-refractivity contribution in [3.8, 4) is 5.75 Å². The maximum Gasteiger partial charge on any atom is 0.301 e. The summed E-state index contributed by atoms with van der Waals surface area (Å²) in [5.74, 6) is -0.876. The van der Waals surface area contributed by atoms with Crippen LogP contribution in [0.1, 0.15) is 17.2 Å². The van der Waals surface area contributed by atoms with Crippen LogP contribution in [-0.4, -0.2) is 28.9 Å². The highest BCUT2D eigenvalue weighted by Gasteiger charge is 2.47. The molecule has 6 heteroatoms. The Morgan fingerprint density at radius 2 is 1.76 bits per heavy atom. The second kappa shape index (κ2) is 7.59. The number of carbonyl (C=O) groups excluding carboxylic acids is 2. The van der Waals surface area contributed by atoms with E-state index in [0.29, 0.717) is 22.7 Å². The maximum atomic E-state index is 13.0. The second-order valence-corrected chi connectivity index (χ2v) is 6.50. The molecule has 29 heavy (non-hydrogen) atoms. The lowest BCUT2D eigenvalue weighted by Crippen LogP contribution is -2.30. The highest BCUT2D eigenvalue weighted by molar-refractivity contribution is 6.51. The molecule has 3 aromatic rings. The number of nitrogens with zero attached hydrogens (tertiary/aromatic N) is 2. The quantitative estimate of drug-likeness (QED) is 0.420. The molecule has 1 amide bonds. The van der Waals surface area contributed by atoms with Crippen LogP contribution in [0, 0.1) is 0 Å². The van der Waals surface area contributed by atoms with Crippen molar-refractivity contribution in [1.29, 1.82) is 0 Å². The third-order valence-corrected chi connectivity index (χ3v) is 4.80. The number of hydrogen-bond acceptors (Lipinski definition) is 5. The number of benzene rings is 2. The zero-order chi connectivity index (χ0) is 20.4. The Kier molecular flexibility index (Phi) is 4.83. The van der Waals surface area contributed by atoms with Gasteiger partial charge >= 0.3 is 5.91 Å². The Labute approximate surface area is 167 Å². The molecular weight excluding hydrogens is 368 g/mol. The Balaban J connectivity index is 1.94. The number of ketones is 1. The molecule has 2 aromatic carbocycles. The van der Waals surface area contributed by atoms with E-state index in [4.69, 9.17) is 4.74 Å². The number of hydrogen-bond donors (Lipinski definition) is 1. The summed E-state index contributed by atoms with van der Waals surface area (Å²) < 4.78 is 5.21. The third kappa shape index (κ3) is 3.25. The van der Waals surface area contributed by atoms with Crippen LogP contribution in [0.3, 0.4) is 0 Å². The van der Waals surface area contributed by atoms with Gasteiger partial charge in [0.05, 0.1) is 18.7 Å². The minimum absolute atomic E-state index is 0.0140. The van der Waals surface area contributed by atoms with E-state index in [1.165, 1.54) is 12.0 Å². The van der Waals surface area contributed by atoms with Crippen molar-refractivity contribution >= 4 is 23.3 Å². The molecule has 1 fully saturated rings. The van der Waals surface area contributed by atoms with E-state index in [1.54, 1.807) is 48.7 Å². The number of aromatic nitrogens is 1. The lowest BCUT2D eigenvalue weighted by Gasteiger charge is -2.24. The van der Waals surface area contributed by atoms with Gasteiger partial charge in [0.25, 0.3) is 5.78 Å². The van der Waals surface area contributed by atoms with Gasteiger partial charge in [-0.25, -0.2) is 4.98 Å². The van der Waals surface area contributed by atoms with Crippen molar-refractivity contribution in [2.75, 3.05) is 12.0 Å². The van der Waals surface area contributed by atoms with E-state index in [1.807, 2.05) is 30.3 Å². The van der Waals surface area contributed by atoms with Crippen LogP contribution in [0.25, 0.3) is 5.76 Å². The summed E-state index contributed by atoms with van der Waals surface area (Å²) in [6.45, 7) is 0. The van der Waals surface area contributed by atoms with Crippen LogP contribution in [0.2, 0.25) is 0 Å². The van der Waals surface area contributed by atoms with E-state index >= 15 is 0 Å². The van der Waals surface area contributed by atoms with Gasteiger partial charge in [0.15, 0.2) is 0 Å². The monoisotopic (exact) mass is 386 g/mol. The number of ether oxygens (including phenoxy) is 1. The fraction of sp³-hybridized carbons (Fsp3) is 0.0870. The van der Waals surface area contributed by atoms with Crippen molar-refractivity contribution in [2.45, 2.75) is 6.04 Å². The van der Waals surface area contributed by atoms with E-state index in [0.717, 1.165) is 0 Å². The summed E-state index contributed by atoms with van der Waals surface area (Å²) in [6.07, 6.45) is 1.55. The van der Waals surface area contributed by atoms with E-state index in [-0.39, 0.29) is 11.3 Å². The molecule has 0 bridgehead atoms. The maximum absolute atomic E-state index is 13.0. The Morgan fingerprint density at radius 3 is 2.45 bits per heavy atom. The molecule has 144 valence electrons. The van der Waals surface area contributed by atoms with Gasteiger partial charge in [-0.15, -0.1) is 0 Å². The average molecular weight is 386 g/mol. The van der Waals surface area contributed by atoms with Crippen molar-refractivity contribution in [3.05, 3.63) is 95.7 Å². The van der Waals surface area contributed by atoms with E-state index in [2.05, 4.69) is 4.98 Å². The fourth-order valence-electron chi connectivity index (χ4n) is 3.44. The van der Waals surface area contributed by atoms with E-state index < -0.39 is 17.7 Å². The molecule has 1 aromatic heterocycles. The Morgan fingerprint density at radius 1 is 1.00 bits per heavy atom. The van der Waals surface area contributed by atoms with Crippen LogP contribution >= 0.6 is 0 Å². The number of pyridine rings is 1. The number of amides is 1. The van der Waals surface area contributed by atoms with Gasteiger partial charge in [0.1, 0.15) is 17.3 Å². The van der Waals surface area contributed by atoms with Gasteiger partial charge in [-0.05, 0) is 29.8 Å². The molecule has 1 atom stereocenters. The molecule has 4 rings (SSSR count). The zero-order valence-corrected chi connectivity index (χ0v) is 15.6. The normalized spacial score (nSPS) is 18.1. The number of methoxy groups -OCH3 is 1. The second-order valence-electron chi connectivity index (χ2n) is 6.50. The van der Waals surface area contributed by atoms with Crippen molar-refractivity contribution < 1.29 is 19.4 Å². The number of rotatable bonds is 4. The molecule has 0 radical (unpaired) electrons. The first-order valence-corrected chi connectivity index (χ1v) is 9.03. The minimum atomic E-state index is -0.794.